The zero-order valence-corrected chi connectivity index (χ0v) is 11.4. The Labute approximate surface area is 120 Å². The molecule has 0 heterocycles. The van der Waals surface area contributed by atoms with Crippen LogP contribution in [0.1, 0.15) is 11.1 Å². The van der Waals surface area contributed by atoms with Crippen molar-refractivity contribution < 1.29 is 24.0 Å². The second-order valence-corrected chi connectivity index (χ2v) is 3.79. The van der Waals surface area contributed by atoms with Gasteiger partial charge in [-0.25, -0.2) is 9.59 Å². The van der Waals surface area contributed by atoms with E-state index in [2.05, 4.69) is 9.47 Å². The molecule has 1 aromatic carbocycles. The van der Waals surface area contributed by atoms with E-state index in [-0.39, 0.29) is 11.3 Å². The van der Waals surface area contributed by atoms with Crippen molar-refractivity contribution in [1.82, 2.24) is 0 Å². The van der Waals surface area contributed by atoms with Gasteiger partial charge >= 0.3 is 11.9 Å². The van der Waals surface area contributed by atoms with Crippen LogP contribution in [0.15, 0.2) is 30.4 Å². The molecule has 0 aliphatic carbocycles. The maximum absolute atomic E-state index is 11.1. The second kappa shape index (κ2) is 7.59. The van der Waals surface area contributed by atoms with Gasteiger partial charge in [0.05, 0.1) is 24.7 Å². The first-order chi connectivity index (χ1) is 9.97. The quantitative estimate of drug-likeness (QED) is 0.356. The van der Waals surface area contributed by atoms with E-state index in [1.54, 1.807) is 0 Å². The third-order valence-corrected chi connectivity index (χ3v) is 2.46. The Morgan fingerprint density at radius 1 is 1.10 bits per heavy atom. The molecule has 0 N–H and O–H groups in total. The van der Waals surface area contributed by atoms with E-state index < -0.39 is 16.9 Å². The zero-order valence-electron chi connectivity index (χ0n) is 11.4. The van der Waals surface area contributed by atoms with Gasteiger partial charge in [-0.1, -0.05) is 0 Å². The first-order valence-electron chi connectivity index (χ1n) is 5.78. The standard InChI is InChI=1S/C14H13NO6/c1-20-13(16)7-4-10-3-6-12(15(18)19)11(9-10)5-8-14(17)21-2/h3-9H,1-2H3. The number of carbonyl (C=O) groups excluding carboxylic acids is 2. The molecule has 21 heavy (non-hydrogen) atoms. The first-order valence-corrected chi connectivity index (χ1v) is 5.78. The molecule has 7 nitrogen and oxygen atoms in total. The van der Waals surface area contributed by atoms with Crippen LogP contribution in [-0.4, -0.2) is 31.1 Å². The van der Waals surface area contributed by atoms with Crippen molar-refractivity contribution >= 4 is 29.8 Å². The highest BCUT2D eigenvalue weighted by Crippen LogP contribution is 2.22. The molecule has 0 fully saturated rings. The fraction of sp³-hybridized carbons (Fsp3) is 0.143. The Bertz CT molecular complexity index is 618. The van der Waals surface area contributed by atoms with Crippen molar-refractivity contribution in [3.8, 4) is 0 Å². The maximum atomic E-state index is 11.1. The Kier molecular flexibility index (Phi) is 5.81. The van der Waals surface area contributed by atoms with E-state index in [9.17, 15) is 19.7 Å². The van der Waals surface area contributed by atoms with Crippen LogP contribution in [0.2, 0.25) is 0 Å². The number of methoxy groups -OCH3 is 2. The van der Waals surface area contributed by atoms with E-state index >= 15 is 0 Å². The average molecular weight is 291 g/mol. The van der Waals surface area contributed by atoms with Crippen molar-refractivity contribution in [1.29, 1.82) is 0 Å². The molecule has 0 unspecified atom stereocenters. The van der Waals surface area contributed by atoms with Crippen LogP contribution in [0.3, 0.4) is 0 Å². The molecule has 0 spiro atoms. The fourth-order valence-corrected chi connectivity index (χ4v) is 1.43. The molecule has 1 aromatic rings. The van der Waals surface area contributed by atoms with Crippen LogP contribution >= 0.6 is 0 Å². The summed E-state index contributed by atoms with van der Waals surface area (Å²) in [5.41, 5.74) is 0.610. The number of carbonyl (C=O) groups is 2. The molecule has 110 valence electrons. The minimum absolute atomic E-state index is 0.162. The van der Waals surface area contributed by atoms with Gasteiger partial charge in [-0.15, -0.1) is 0 Å². The zero-order chi connectivity index (χ0) is 15.8. The summed E-state index contributed by atoms with van der Waals surface area (Å²) in [5.74, 6) is -1.17. The van der Waals surface area contributed by atoms with Gasteiger partial charge in [-0.3, -0.25) is 10.1 Å². The normalized spacial score (nSPS) is 10.8. The average Bonchev–Trinajstić information content (AvgIpc) is 2.49. The summed E-state index contributed by atoms with van der Waals surface area (Å²) in [6.07, 6.45) is 5.00. The van der Waals surface area contributed by atoms with Gasteiger partial charge in [0.25, 0.3) is 5.69 Å². The van der Waals surface area contributed by atoms with Gasteiger partial charge < -0.3 is 9.47 Å². The lowest BCUT2D eigenvalue weighted by Gasteiger charge is -2.00. The van der Waals surface area contributed by atoms with Gasteiger partial charge in [-0.2, -0.15) is 0 Å². The van der Waals surface area contributed by atoms with E-state index in [4.69, 9.17) is 0 Å². The van der Waals surface area contributed by atoms with Crippen molar-refractivity contribution in [2.75, 3.05) is 14.2 Å². The molecule has 0 aromatic heterocycles. The molecule has 0 atom stereocenters. The Morgan fingerprint density at radius 3 is 2.19 bits per heavy atom. The predicted octanol–water partition coefficient (Wildman–Crippen LogP) is 1.97. The third-order valence-electron chi connectivity index (χ3n) is 2.46. The minimum Gasteiger partial charge on any atom is -0.466 e. The van der Waals surface area contributed by atoms with Crippen LogP contribution < -0.4 is 0 Å². The lowest BCUT2D eigenvalue weighted by molar-refractivity contribution is -0.385. The molecule has 0 aliphatic heterocycles. The van der Waals surface area contributed by atoms with E-state index in [1.807, 2.05) is 0 Å². The third kappa shape index (κ3) is 4.90. The highest BCUT2D eigenvalue weighted by atomic mass is 16.6. The number of nitro benzene ring substituents is 1. The Morgan fingerprint density at radius 2 is 1.67 bits per heavy atom. The molecule has 0 aliphatic rings. The maximum Gasteiger partial charge on any atom is 0.330 e. The lowest BCUT2D eigenvalue weighted by Crippen LogP contribution is -1.96. The number of nitro groups is 1. The number of nitrogens with zero attached hydrogens (tertiary/aromatic N) is 1. The van der Waals surface area contributed by atoms with E-state index in [0.29, 0.717) is 5.56 Å². The molecule has 1 rings (SSSR count). The second-order valence-electron chi connectivity index (χ2n) is 3.79. The van der Waals surface area contributed by atoms with Gasteiger partial charge in [-0.05, 0) is 29.8 Å². The van der Waals surface area contributed by atoms with Gasteiger partial charge in [0, 0.05) is 18.2 Å². The summed E-state index contributed by atoms with van der Waals surface area (Å²) in [5, 5.41) is 10.9. The van der Waals surface area contributed by atoms with Crippen molar-refractivity contribution in [3.05, 3.63) is 51.6 Å². The number of rotatable bonds is 5. The Balaban J connectivity index is 3.15. The highest BCUT2D eigenvalue weighted by molar-refractivity contribution is 5.89. The number of benzene rings is 1. The molecular weight excluding hydrogens is 278 g/mol. The number of hydrogen-bond donors (Lipinski definition) is 0. The summed E-state index contributed by atoms with van der Waals surface area (Å²) in [7, 11) is 2.45. The van der Waals surface area contributed by atoms with Crippen LogP contribution in [-0.2, 0) is 19.1 Å². The van der Waals surface area contributed by atoms with Crippen molar-refractivity contribution in [2.24, 2.45) is 0 Å². The Hall–Kier alpha value is -2.96. The fourth-order valence-electron chi connectivity index (χ4n) is 1.43. The van der Waals surface area contributed by atoms with Gasteiger partial charge in [0.2, 0.25) is 0 Å². The topological polar surface area (TPSA) is 95.7 Å². The predicted molar refractivity (Wildman–Crippen MR) is 75.2 cm³/mol. The van der Waals surface area contributed by atoms with Crippen LogP contribution in [0, 0.1) is 10.1 Å². The molecule has 0 saturated carbocycles. The molecule has 0 radical (unpaired) electrons. The summed E-state index contributed by atoms with van der Waals surface area (Å²) >= 11 is 0. The largest absolute Gasteiger partial charge is 0.466 e. The molecule has 7 heteroatoms. The van der Waals surface area contributed by atoms with Crippen LogP contribution in [0.4, 0.5) is 5.69 Å². The van der Waals surface area contributed by atoms with Crippen LogP contribution in [0.25, 0.3) is 12.2 Å². The summed E-state index contributed by atoms with van der Waals surface area (Å²) < 4.78 is 8.87. The smallest absolute Gasteiger partial charge is 0.330 e. The molecule has 0 bridgehead atoms. The molecule has 0 amide bonds. The van der Waals surface area contributed by atoms with Crippen molar-refractivity contribution in [2.45, 2.75) is 0 Å². The molecule has 0 saturated heterocycles. The van der Waals surface area contributed by atoms with E-state index in [0.717, 1.165) is 6.08 Å². The number of hydrogen-bond acceptors (Lipinski definition) is 6. The number of ether oxygens (including phenoxy) is 2. The molecular formula is C14H13NO6. The highest BCUT2D eigenvalue weighted by Gasteiger charge is 2.11. The first kappa shape index (κ1) is 16.1. The summed E-state index contributed by atoms with van der Waals surface area (Å²) in [4.78, 5) is 32.4. The van der Waals surface area contributed by atoms with Gasteiger partial charge in [0.15, 0.2) is 0 Å². The van der Waals surface area contributed by atoms with E-state index in [1.165, 1.54) is 50.6 Å². The van der Waals surface area contributed by atoms with Crippen molar-refractivity contribution in [3.63, 3.8) is 0 Å². The minimum atomic E-state index is -0.625. The van der Waals surface area contributed by atoms with Crippen LogP contribution in [0.5, 0.6) is 0 Å². The van der Waals surface area contributed by atoms with Gasteiger partial charge in [0.1, 0.15) is 0 Å². The number of esters is 2. The summed E-state index contributed by atoms with van der Waals surface area (Å²) in [6.45, 7) is 0. The lowest BCUT2D eigenvalue weighted by atomic mass is 10.1. The monoisotopic (exact) mass is 291 g/mol. The SMILES string of the molecule is COC(=O)C=Cc1ccc([N+](=O)[O-])c(C=CC(=O)OC)c1. The summed E-state index contributed by atoms with van der Waals surface area (Å²) in [6, 6.07) is 4.23.